The van der Waals surface area contributed by atoms with Gasteiger partial charge in [0.05, 0.1) is 13.2 Å². The van der Waals surface area contributed by atoms with E-state index in [4.69, 9.17) is 32.7 Å². The molecule has 0 aliphatic heterocycles. The van der Waals surface area contributed by atoms with Gasteiger partial charge in [0.25, 0.3) is 0 Å². The van der Waals surface area contributed by atoms with Gasteiger partial charge >= 0.3 is 37.7 Å². The zero-order chi connectivity index (χ0) is 42.9. The summed E-state index contributed by atoms with van der Waals surface area (Å²) in [6, 6.07) is 0. The van der Waals surface area contributed by atoms with Gasteiger partial charge in [-0.2, -0.15) is 0 Å². The molecule has 0 amide bonds. The van der Waals surface area contributed by atoms with Crippen LogP contribution in [0.4, 0.5) is 0 Å². The van der Waals surface area contributed by atoms with E-state index in [-0.39, 0.29) is 37.7 Å². The molecule has 0 radical (unpaired) electrons. The Balaban J connectivity index is -0.00000105. The smallest absolute Gasteiger partial charge is 0.793 e. The molecule has 0 saturated heterocycles. The van der Waals surface area contributed by atoms with E-state index in [0.29, 0.717) is 13.2 Å². The molecule has 0 aliphatic carbocycles. The average Bonchev–Trinajstić information content (AvgIpc) is 3.20. The summed E-state index contributed by atoms with van der Waals surface area (Å²) in [5, 5.41) is 0. The minimum absolute atomic E-state index is 0. The van der Waals surface area contributed by atoms with Gasteiger partial charge in [-0.15, -0.1) is 22.8 Å². The van der Waals surface area contributed by atoms with Crippen LogP contribution < -0.4 is 9.79 Å². The van der Waals surface area contributed by atoms with Crippen molar-refractivity contribution in [3.8, 4) is 0 Å². The molecule has 0 fully saturated rings. The van der Waals surface area contributed by atoms with Crippen LogP contribution in [-0.4, -0.2) is 62.5 Å². The molecule has 0 bridgehead atoms. The Morgan fingerprint density at radius 2 is 0.475 bits per heavy atom. The third-order valence-electron chi connectivity index (χ3n) is 11.0. The Kier molecular flexibility index (Phi) is 62.4. The molecule has 0 heterocycles. The predicted molar refractivity (Wildman–Crippen MR) is 279 cm³/mol. The van der Waals surface area contributed by atoms with Crippen molar-refractivity contribution in [3.05, 3.63) is 0 Å². The molecular formula is C48H100CaO4P2S4. The molecule has 2 atom stereocenters. The second kappa shape index (κ2) is 55.4. The number of hydrogen-bond donors (Lipinski definition) is 0. The molecule has 0 spiro atoms. The van der Waals surface area contributed by atoms with Gasteiger partial charge < -0.3 is 18.8 Å². The van der Waals surface area contributed by atoms with Gasteiger partial charge in [-0.1, -0.05) is 282 Å². The molecule has 2 unspecified atom stereocenters. The van der Waals surface area contributed by atoms with Gasteiger partial charge in [-0.05, 0) is 37.2 Å². The number of hydrogen-bond acceptors (Lipinski definition) is 8. The van der Waals surface area contributed by atoms with Crippen LogP contribution in [0.5, 0.6) is 0 Å². The van der Waals surface area contributed by atoms with E-state index in [9.17, 15) is 9.79 Å². The van der Waals surface area contributed by atoms with E-state index in [2.05, 4.69) is 27.7 Å². The molecule has 0 aliphatic rings. The summed E-state index contributed by atoms with van der Waals surface area (Å²) in [5.74, 6) is 1.77. The summed E-state index contributed by atoms with van der Waals surface area (Å²) >= 11 is 13.1. The van der Waals surface area contributed by atoms with Crippen LogP contribution in [0.3, 0.4) is 0 Å². The van der Waals surface area contributed by atoms with Crippen molar-refractivity contribution in [2.45, 2.75) is 285 Å². The van der Waals surface area contributed by atoms with Crippen LogP contribution in [0.15, 0.2) is 0 Å². The molecule has 352 valence electrons. The van der Waals surface area contributed by atoms with Crippen LogP contribution >= 0.6 is 34.2 Å². The molecule has 0 saturated carbocycles. The van der Waals surface area contributed by atoms with Crippen molar-refractivity contribution in [2.24, 2.45) is 0 Å². The third-order valence-corrected chi connectivity index (χ3v) is 19.7. The number of rotatable bonds is 48. The zero-order valence-electron chi connectivity index (χ0n) is 40.0. The molecule has 0 aromatic heterocycles. The van der Waals surface area contributed by atoms with E-state index in [0.717, 1.165) is 37.2 Å². The second-order valence-electron chi connectivity index (χ2n) is 17.0. The summed E-state index contributed by atoms with van der Waals surface area (Å²) in [6.45, 7) is 10.2. The van der Waals surface area contributed by atoms with Crippen molar-refractivity contribution < 1.29 is 18.8 Å². The first-order chi connectivity index (χ1) is 28.2. The largest absolute Gasteiger partial charge is 2.00 e. The van der Waals surface area contributed by atoms with Crippen molar-refractivity contribution in [1.29, 1.82) is 0 Å². The number of unbranched alkanes of at least 4 members (excludes halogenated alkanes) is 36. The summed E-state index contributed by atoms with van der Waals surface area (Å²) < 4.78 is 11.1. The summed E-state index contributed by atoms with van der Waals surface area (Å²) in [5.41, 5.74) is -5.69. The van der Waals surface area contributed by atoms with Crippen molar-refractivity contribution in [2.75, 3.05) is 24.7 Å². The topological polar surface area (TPSA) is 64.6 Å². The molecular weight excluding hydrogens is 871 g/mol. The normalized spacial score (nSPS) is 13.4. The van der Waals surface area contributed by atoms with Crippen molar-refractivity contribution in [1.82, 2.24) is 0 Å². The fourth-order valence-electron chi connectivity index (χ4n) is 7.14. The Morgan fingerprint density at radius 3 is 0.678 bits per heavy atom. The predicted octanol–water partition coefficient (Wildman–Crippen LogP) is 17.9. The standard InChI is InChI=1S/2C24H51O2PS2.Ca/c2*1-3-5-7-9-11-13-15-17-19-21-23-26-27(25,28)29-24-22-20-18-16-14-12-10-8-6-4-2;/h2*3-24H2,1-2H3,(H,25,28);/q;;+2/p-2. The Labute approximate surface area is 419 Å². The van der Waals surface area contributed by atoms with E-state index in [1.165, 1.54) is 254 Å². The Morgan fingerprint density at radius 1 is 0.305 bits per heavy atom. The molecule has 0 rings (SSSR count). The average molecular weight is 972 g/mol. The van der Waals surface area contributed by atoms with E-state index in [1.54, 1.807) is 0 Å². The molecule has 4 nitrogen and oxygen atoms in total. The van der Waals surface area contributed by atoms with Gasteiger partial charge in [0.15, 0.2) is 0 Å². The van der Waals surface area contributed by atoms with Crippen LogP contribution in [0, 0.1) is 0 Å². The van der Waals surface area contributed by atoms with Gasteiger partial charge in [0, 0.05) is 11.4 Å². The molecule has 0 aromatic carbocycles. The molecule has 11 heteroatoms. The minimum atomic E-state index is -2.85. The third kappa shape index (κ3) is 61.1. The van der Waals surface area contributed by atoms with E-state index in [1.807, 2.05) is 0 Å². The fourth-order valence-corrected chi connectivity index (χ4v) is 13.9. The van der Waals surface area contributed by atoms with Crippen LogP contribution in [0.2, 0.25) is 0 Å². The monoisotopic (exact) mass is 971 g/mol. The zero-order valence-corrected chi connectivity index (χ0v) is 47.2. The maximum Gasteiger partial charge on any atom is 2.00 e. The maximum absolute atomic E-state index is 12.3. The van der Waals surface area contributed by atoms with Gasteiger partial charge in [-0.25, -0.2) is 0 Å². The summed E-state index contributed by atoms with van der Waals surface area (Å²) in [7, 11) is 0. The van der Waals surface area contributed by atoms with Gasteiger partial charge in [0.2, 0.25) is 0 Å². The first-order valence-electron chi connectivity index (χ1n) is 25.4. The first-order valence-corrected chi connectivity index (χ1v) is 33.9. The van der Waals surface area contributed by atoms with Crippen LogP contribution in [-0.2, 0) is 32.7 Å². The Hall–Kier alpha value is 3.10. The van der Waals surface area contributed by atoms with E-state index >= 15 is 0 Å². The van der Waals surface area contributed by atoms with Crippen LogP contribution in [0.1, 0.15) is 285 Å². The first kappa shape index (κ1) is 66.4. The summed E-state index contributed by atoms with van der Waals surface area (Å²) in [6.07, 6.45) is 52.6. The second-order valence-corrected chi connectivity index (χ2v) is 29.3. The molecule has 59 heavy (non-hydrogen) atoms. The van der Waals surface area contributed by atoms with Gasteiger partial charge in [0.1, 0.15) is 0 Å². The van der Waals surface area contributed by atoms with Crippen LogP contribution in [0.25, 0.3) is 0 Å². The minimum Gasteiger partial charge on any atom is -0.793 e. The SMILES string of the molecule is CCCCCCCCCCCCOP([O-])(=S)SCCCCCCCCCCCC.CCCCCCCCCCCCOP([O-])(=S)SCCCCCCCCCCCC.[Ca+2]. The molecule has 0 N–H and O–H groups in total. The maximum atomic E-state index is 12.3. The Bertz CT molecular complexity index is 749. The summed E-state index contributed by atoms with van der Waals surface area (Å²) in [4.78, 5) is 24.6. The van der Waals surface area contributed by atoms with Crippen molar-refractivity contribution in [3.63, 3.8) is 0 Å². The van der Waals surface area contributed by atoms with E-state index < -0.39 is 11.4 Å². The quantitative estimate of drug-likeness (QED) is 0.0339. The van der Waals surface area contributed by atoms with Crippen molar-refractivity contribution >= 4 is 95.5 Å². The van der Waals surface area contributed by atoms with Gasteiger partial charge in [-0.3, -0.25) is 0 Å². The fraction of sp³-hybridized carbons (Fsp3) is 1.00. The molecule has 0 aromatic rings.